The number of nitrogens with zero attached hydrogens (tertiary/aromatic N) is 8. The van der Waals surface area contributed by atoms with Crippen LogP contribution in [0.5, 0.6) is 0 Å². The molecule has 4 aromatic rings. The number of aromatic nitrogens is 6. The van der Waals surface area contributed by atoms with Crippen LogP contribution in [0.2, 0.25) is 5.02 Å². The number of carbonyl (C=O) groups excluding carboxylic acids is 1. The molecule has 6 rings (SSSR count). The Labute approximate surface area is 252 Å². The minimum atomic E-state index is -5.08. The minimum absolute atomic E-state index is 0.0289. The Kier molecular flexibility index (Phi) is 8.28. The van der Waals surface area contributed by atoms with Crippen LogP contribution in [0.3, 0.4) is 0 Å². The summed E-state index contributed by atoms with van der Waals surface area (Å²) in [6.45, 7) is 2.66. The molecule has 0 bridgehead atoms. The number of aliphatic carboxylic acids is 1. The summed E-state index contributed by atoms with van der Waals surface area (Å²) < 4.78 is 35.5. The zero-order valence-corrected chi connectivity index (χ0v) is 24.6. The minimum Gasteiger partial charge on any atom is -0.475 e. The van der Waals surface area contributed by atoms with Gasteiger partial charge in [-0.15, -0.1) is 0 Å². The third-order valence-electron chi connectivity index (χ3n) is 7.50. The molecule has 0 saturated carbocycles. The Morgan fingerprint density at radius 1 is 1.19 bits per heavy atom. The zero-order chi connectivity index (χ0) is 31.1. The number of anilines is 1. The van der Waals surface area contributed by atoms with Crippen molar-refractivity contribution in [1.29, 1.82) is 0 Å². The highest BCUT2D eigenvalue weighted by molar-refractivity contribution is 7.99. The molecule has 2 aliphatic rings. The predicted octanol–water partition coefficient (Wildman–Crippen LogP) is 3.76. The average molecular weight is 638 g/mol. The van der Waals surface area contributed by atoms with E-state index in [2.05, 4.69) is 29.6 Å². The molecule has 0 unspecified atom stereocenters. The highest BCUT2D eigenvalue weighted by Gasteiger charge is 2.47. The first kappa shape index (κ1) is 30.6. The van der Waals surface area contributed by atoms with Crippen LogP contribution in [0.1, 0.15) is 35.1 Å². The number of hydrogen-bond donors (Lipinski definition) is 2. The second kappa shape index (κ2) is 11.7. The molecule has 6 heterocycles. The molecule has 1 saturated heterocycles. The van der Waals surface area contributed by atoms with E-state index in [1.165, 1.54) is 16.7 Å². The number of hydrogen-bond acceptors (Lipinski definition) is 9. The van der Waals surface area contributed by atoms with Crippen molar-refractivity contribution in [2.45, 2.75) is 41.5 Å². The second-order valence-corrected chi connectivity index (χ2v) is 11.8. The number of carboxylic acids is 1. The number of piperidine rings is 1. The van der Waals surface area contributed by atoms with Gasteiger partial charge in [0.05, 0.1) is 29.2 Å². The maximum absolute atomic E-state index is 12.3. The Bertz CT molecular complexity index is 1650. The fraction of sp³-hybridized carbons (Fsp3) is 0.385. The van der Waals surface area contributed by atoms with Crippen molar-refractivity contribution < 1.29 is 27.9 Å². The monoisotopic (exact) mass is 637 g/mol. The number of alkyl halides is 3. The molecule has 1 atom stereocenters. The standard InChI is InChI=1S/C24H26ClN9OS.C2HF3O2/c1-31(2)23(35)15-13-33-8-4-17(20(25)22(33)30-15)36-19-12-27-18(11-28-19)32-9-5-24(6-10-32)14-34-16(21(24)26)3-7-29-34;3-2(4,5)1(6)7/h3-4,7-8,11-13,21H,5-6,9-10,14,26H2,1-2H3;(H,6,7)/t21-;/m1./s1. The molecular formula is C26H27ClF3N9O3S. The molecule has 12 nitrogen and oxygen atoms in total. The molecular weight excluding hydrogens is 611 g/mol. The van der Waals surface area contributed by atoms with Crippen LogP contribution < -0.4 is 10.6 Å². The fourth-order valence-electron chi connectivity index (χ4n) is 5.15. The van der Waals surface area contributed by atoms with Crippen molar-refractivity contribution in [1.82, 2.24) is 34.0 Å². The van der Waals surface area contributed by atoms with E-state index in [9.17, 15) is 18.0 Å². The van der Waals surface area contributed by atoms with Crippen LogP contribution in [-0.4, -0.2) is 84.4 Å². The van der Waals surface area contributed by atoms with E-state index in [0.29, 0.717) is 16.4 Å². The van der Waals surface area contributed by atoms with Gasteiger partial charge in [-0.3, -0.25) is 9.48 Å². The third-order valence-corrected chi connectivity index (χ3v) is 8.97. The summed E-state index contributed by atoms with van der Waals surface area (Å²) >= 11 is 8.06. The van der Waals surface area contributed by atoms with Crippen molar-refractivity contribution in [2.24, 2.45) is 11.1 Å². The van der Waals surface area contributed by atoms with E-state index in [-0.39, 0.29) is 17.4 Å². The van der Waals surface area contributed by atoms with Gasteiger partial charge >= 0.3 is 12.1 Å². The Morgan fingerprint density at radius 2 is 1.88 bits per heavy atom. The lowest BCUT2D eigenvalue weighted by Crippen LogP contribution is -2.45. The summed E-state index contributed by atoms with van der Waals surface area (Å²) in [6, 6.07) is 3.95. The fourth-order valence-corrected chi connectivity index (χ4v) is 6.21. The lowest BCUT2D eigenvalue weighted by molar-refractivity contribution is -0.192. The van der Waals surface area contributed by atoms with Crippen LogP contribution in [-0.2, 0) is 11.3 Å². The normalized spacial score (nSPS) is 17.5. The van der Waals surface area contributed by atoms with Crippen molar-refractivity contribution >= 4 is 46.7 Å². The smallest absolute Gasteiger partial charge is 0.475 e. The molecule has 228 valence electrons. The van der Waals surface area contributed by atoms with E-state index in [1.807, 2.05) is 30.7 Å². The number of amides is 1. The summed E-state index contributed by atoms with van der Waals surface area (Å²) in [6.07, 6.45) is 5.85. The molecule has 4 aromatic heterocycles. The number of carboxylic acid groups (broad SMARTS) is 1. The highest BCUT2D eigenvalue weighted by Crippen LogP contribution is 2.47. The second-order valence-electron chi connectivity index (χ2n) is 10.4. The van der Waals surface area contributed by atoms with Crippen LogP contribution in [0.15, 0.2) is 53.0 Å². The van der Waals surface area contributed by atoms with Gasteiger partial charge in [0.1, 0.15) is 16.5 Å². The summed E-state index contributed by atoms with van der Waals surface area (Å²) in [5, 5.41) is 12.8. The van der Waals surface area contributed by atoms with Gasteiger partial charge in [0.2, 0.25) is 0 Å². The van der Waals surface area contributed by atoms with Crippen LogP contribution in [0.25, 0.3) is 5.65 Å². The Hall–Kier alpha value is -3.89. The van der Waals surface area contributed by atoms with Gasteiger partial charge in [0, 0.05) is 62.6 Å². The average Bonchev–Trinajstić information content (AvgIpc) is 3.67. The van der Waals surface area contributed by atoms with E-state index >= 15 is 0 Å². The molecule has 1 spiro atoms. The lowest BCUT2D eigenvalue weighted by atomic mass is 9.73. The Morgan fingerprint density at radius 3 is 2.47 bits per heavy atom. The first-order valence-corrected chi connectivity index (χ1v) is 14.2. The van der Waals surface area contributed by atoms with Gasteiger partial charge in [0.15, 0.2) is 5.65 Å². The summed E-state index contributed by atoms with van der Waals surface area (Å²) in [4.78, 5) is 39.5. The quantitative estimate of drug-likeness (QED) is 0.339. The SMILES string of the molecule is CN(C)C(=O)c1cn2ccc(Sc3cnc(N4CCC5(CC4)Cn4nccc4[C@H]5N)cn3)c(Cl)c2n1.O=C(O)C(F)(F)F. The number of nitrogens with two attached hydrogens (primary N) is 1. The number of carbonyl (C=O) groups is 2. The van der Waals surface area contributed by atoms with E-state index in [0.717, 1.165) is 53.9 Å². The molecule has 3 N–H and O–H groups in total. The van der Waals surface area contributed by atoms with Crippen molar-refractivity contribution in [3.05, 3.63) is 59.5 Å². The Balaban J connectivity index is 0.000000472. The number of rotatable bonds is 4. The van der Waals surface area contributed by atoms with Gasteiger partial charge in [-0.1, -0.05) is 23.4 Å². The van der Waals surface area contributed by atoms with E-state index < -0.39 is 12.1 Å². The van der Waals surface area contributed by atoms with Gasteiger partial charge in [-0.05, 0) is 25.0 Å². The number of fused-ring (bicyclic) bond motifs is 2. The van der Waals surface area contributed by atoms with E-state index in [4.69, 9.17) is 27.2 Å². The predicted molar refractivity (Wildman–Crippen MR) is 151 cm³/mol. The molecule has 0 aliphatic carbocycles. The maximum atomic E-state index is 12.3. The van der Waals surface area contributed by atoms with E-state index in [1.54, 1.807) is 30.9 Å². The first-order valence-electron chi connectivity index (χ1n) is 13.0. The van der Waals surface area contributed by atoms with Gasteiger partial charge < -0.3 is 25.0 Å². The number of pyridine rings is 1. The summed E-state index contributed by atoms with van der Waals surface area (Å²) in [5.74, 6) is -2.07. The van der Waals surface area contributed by atoms with Gasteiger partial charge in [0.25, 0.3) is 5.91 Å². The molecule has 2 aliphatic heterocycles. The van der Waals surface area contributed by atoms with Crippen molar-refractivity contribution in [3.8, 4) is 0 Å². The molecule has 1 fully saturated rings. The van der Waals surface area contributed by atoms with Crippen molar-refractivity contribution in [3.63, 3.8) is 0 Å². The molecule has 0 radical (unpaired) electrons. The lowest BCUT2D eigenvalue weighted by Gasteiger charge is -2.41. The highest BCUT2D eigenvalue weighted by atomic mass is 35.5. The topological polar surface area (TPSA) is 148 Å². The number of halogens is 4. The largest absolute Gasteiger partial charge is 0.490 e. The van der Waals surface area contributed by atoms with Crippen LogP contribution in [0.4, 0.5) is 19.0 Å². The maximum Gasteiger partial charge on any atom is 0.490 e. The molecule has 43 heavy (non-hydrogen) atoms. The third kappa shape index (κ3) is 6.12. The molecule has 0 aromatic carbocycles. The van der Waals surface area contributed by atoms with Gasteiger partial charge in [-0.2, -0.15) is 18.3 Å². The first-order chi connectivity index (χ1) is 20.3. The van der Waals surface area contributed by atoms with Crippen molar-refractivity contribution in [2.75, 3.05) is 32.1 Å². The van der Waals surface area contributed by atoms with Gasteiger partial charge in [-0.25, -0.2) is 19.7 Å². The summed E-state index contributed by atoms with van der Waals surface area (Å²) in [7, 11) is 3.39. The molecule has 17 heteroatoms. The molecule has 1 amide bonds. The summed E-state index contributed by atoms with van der Waals surface area (Å²) in [5.41, 5.74) is 8.70. The zero-order valence-electron chi connectivity index (χ0n) is 23.0. The van der Waals surface area contributed by atoms with Crippen LogP contribution >= 0.6 is 23.4 Å². The van der Waals surface area contributed by atoms with Crippen LogP contribution in [0, 0.1) is 5.41 Å². The number of imidazole rings is 1.